The first-order chi connectivity index (χ1) is 12.6. The number of halogens is 1. The van der Waals surface area contributed by atoms with E-state index in [1.165, 1.54) is 11.8 Å². The fourth-order valence-corrected chi connectivity index (χ4v) is 3.43. The van der Waals surface area contributed by atoms with Crippen molar-refractivity contribution in [3.63, 3.8) is 0 Å². The Morgan fingerprint density at radius 1 is 1.44 bits per heavy atom. The number of amides is 1. The highest BCUT2D eigenvalue weighted by Crippen LogP contribution is 2.22. The summed E-state index contributed by atoms with van der Waals surface area (Å²) in [4.78, 5) is 11.6. The van der Waals surface area contributed by atoms with Gasteiger partial charge in [-0.3, -0.25) is 10.2 Å². The van der Waals surface area contributed by atoms with Gasteiger partial charge in [0, 0.05) is 22.5 Å². The monoisotopic (exact) mass is 432 g/mol. The lowest BCUT2D eigenvalue weighted by Gasteiger charge is -2.12. The van der Waals surface area contributed by atoms with Gasteiger partial charge >= 0.3 is 0 Å². The molecule has 1 atom stereocenters. The lowest BCUT2D eigenvalue weighted by molar-refractivity contribution is -0.119. The van der Waals surface area contributed by atoms with Crippen LogP contribution in [0.5, 0.6) is 0 Å². The number of benzene rings is 1. The minimum atomic E-state index is -3.88. The second-order valence-electron chi connectivity index (χ2n) is 5.52. The fraction of sp³-hybridized carbons (Fsp3) is 0.286. The van der Waals surface area contributed by atoms with Crippen molar-refractivity contribution in [3.8, 4) is 0 Å². The summed E-state index contributed by atoms with van der Waals surface area (Å²) in [6.45, 7) is 1.69. The predicted octanol–water partition coefficient (Wildman–Crippen LogP) is 1.05. The maximum atomic E-state index is 11.6. The summed E-state index contributed by atoms with van der Waals surface area (Å²) in [6, 6.07) is 6.47. The van der Waals surface area contributed by atoms with Gasteiger partial charge in [-0.25, -0.2) is 18.2 Å². The molecule has 0 saturated carbocycles. The molecule has 2 rings (SSSR count). The number of hydrogen-bond donors (Lipinski definition) is 4. The van der Waals surface area contributed by atoms with Crippen molar-refractivity contribution in [3.05, 3.63) is 35.0 Å². The quantitative estimate of drug-likeness (QED) is 0.273. The summed E-state index contributed by atoms with van der Waals surface area (Å²) in [6.07, 6.45) is 0. The van der Waals surface area contributed by atoms with Gasteiger partial charge in [-0.2, -0.15) is 0 Å². The van der Waals surface area contributed by atoms with Crippen LogP contribution in [0.15, 0.2) is 33.9 Å². The SMILES string of the molecule is C[C@H](CSc1nonc1C(=N)Nc1cccc(Cl)c1)NC(=O)CS(N)(=O)=O. The van der Waals surface area contributed by atoms with Crippen molar-refractivity contribution in [2.24, 2.45) is 5.14 Å². The second kappa shape index (κ2) is 9.17. The Kier molecular flexibility index (Phi) is 7.18. The summed E-state index contributed by atoms with van der Waals surface area (Å²) in [5, 5.41) is 26.6. The molecule has 0 radical (unpaired) electrons. The molecule has 1 aromatic heterocycles. The molecule has 10 nitrogen and oxygen atoms in total. The smallest absolute Gasteiger partial charge is 0.236 e. The molecule has 1 heterocycles. The van der Waals surface area contributed by atoms with E-state index in [9.17, 15) is 13.2 Å². The minimum absolute atomic E-state index is 0.0352. The number of hydrogen-bond acceptors (Lipinski definition) is 8. The van der Waals surface area contributed by atoms with Crippen LogP contribution in [-0.2, 0) is 14.8 Å². The van der Waals surface area contributed by atoms with Crippen LogP contribution in [0.4, 0.5) is 5.69 Å². The maximum absolute atomic E-state index is 11.6. The van der Waals surface area contributed by atoms with Gasteiger partial charge in [-0.1, -0.05) is 29.4 Å². The predicted molar refractivity (Wildman–Crippen MR) is 103 cm³/mol. The normalized spacial score (nSPS) is 12.4. The standard InChI is InChI=1S/C14H17ClN6O4S2/c1-8(18-11(22)7-27(17,23)24)6-26-14-12(20-25-21-14)13(16)19-10-4-2-3-9(15)5-10/h2-5,8H,6-7H2,1H3,(H2,16,19)(H,18,22)(H2,17,23,24)/t8-/m1/s1. The van der Waals surface area contributed by atoms with Crippen molar-refractivity contribution in [1.29, 1.82) is 5.41 Å². The molecular formula is C14H17ClN6O4S2. The third-order valence-electron chi connectivity index (χ3n) is 3.00. The third-order valence-corrected chi connectivity index (χ3v) is 5.11. The minimum Gasteiger partial charge on any atom is -0.352 e. The van der Waals surface area contributed by atoms with Crippen LogP contribution < -0.4 is 15.8 Å². The van der Waals surface area contributed by atoms with Gasteiger partial charge in [-0.05, 0) is 35.4 Å². The van der Waals surface area contributed by atoms with Crippen molar-refractivity contribution in [1.82, 2.24) is 15.6 Å². The molecule has 0 bridgehead atoms. The first-order valence-electron chi connectivity index (χ1n) is 7.51. The summed E-state index contributed by atoms with van der Waals surface area (Å²) >= 11 is 7.10. The Labute approximate surface area is 164 Å². The molecule has 0 spiro atoms. The van der Waals surface area contributed by atoms with Gasteiger partial charge in [0.1, 0.15) is 5.75 Å². The van der Waals surface area contributed by atoms with Gasteiger partial charge in [-0.15, -0.1) is 0 Å². The Hall–Kier alpha value is -2.15. The summed E-state index contributed by atoms with van der Waals surface area (Å²) in [5.74, 6) is -1.17. The number of amidine groups is 1. The van der Waals surface area contributed by atoms with Crippen LogP contribution in [-0.4, -0.2) is 48.0 Å². The molecule has 1 amide bonds. The number of thioether (sulfide) groups is 1. The average molecular weight is 433 g/mol. The Morgan fingerprint density at radius 3 is 2.85 bits per heavy atom. The number of aromatic nitrogens is 2. The number of nitrogens with zero attached hydrogens (tertiary/aromatic N) is 2. The van der Waals surface area contributed by atoms with E-state index < -0.39 is 21.7 Å². The molecule has 0 fully saturated rings. The van der Waals surface area contributed by atoms with Gasteiger partial charge < -0.3 is 10.6 Å². The molecule has 0 unspecified atom stereocenters. The topological polar surface area (TPSA) is 164 Å². The zero-order valence-corrected chi connectivity index (χ0v) is 16.5. The maximum Gasteiger partial charge on any atom is 0.236 e. The molecule has 2 aromatic rings. The summed E-state index contributed by atoms with van der Waals surface area (Å²) in [7, 11) is -3.88. The second-order valence-corrected chi connectivity index (χ2v) is 8.57. The Bertz CT molecular complexity index is 933. The van der Waals surface area contributed by atoms with Crippen LogP contribution in [0.3, 0.4) is 0 Å². The number of nitrogens with two attached hydrogens (primary N) is 1. The van der Waals surface area contributed by atoms with Crippen LogP contribution in [0.2, 0.25) is 5.02 Å². The van der Waals surface area contributed by atoms with Crippen LogP contribution in [0.25, 0.3) is 0 Å². The van der Waals surface area contributed by atoms with Crippen LogP contribution >= 0.6 is 23.4 Å². The fourth-order valence-electron chi connectivity index (χ4n) is 1.94. The zero-order chi connectivity index (χ0) is 20.0. The molecule has 0 aliphatic rings. The van der Waals surface area contributed by atoms with Crippen molar-refractivity contribution < 1.29 is 17.8 Å². The molecule has 0 saturated heterocycles. The highest BCUT2D eigenvalue weighted by Gasteiger charge is 2.19. The molecule has 5 N–H and O–H groups in total. The molecule has 1 aromatic carbocycles. The number of sulfonamides is 1. The number of carbonyl (C=O) groups is 1. The largest absolute Gasteiger partial charge is 0.352 e. The average Bonchev–Trinajstić information content (AvgIpc) is 2.99. The van der Waals surface area contributed by atoms with E-state index in [4.69, 9.17) is 26.8 Å². The number of rotatable bonds is 8. The molecular weight excluding hydrogens is 416 g/mol. The molecule has 0 aliphatic carbocycles. The first kappa shape index (κ1) is 21.2. The van der Waals surface area contributed by atoms with Crippen LogP contribution in [0, 0.1) is 5.41 Å². The third kappa shape index (κ3) is 7.17. The van der Waals surface area contributed by atoms with Gasteiger partial charge in [0.15, 0.2) is 16.6 Å². The van der Waals surface area contributed by atoms with Crippen molar-refractivity contribution in [2.45, 2.75) is 18.0 Å². The molecule has 0 aliphatic heterocycles. The number of carbonyl (C=O) groups excluding carboxylic acids is 1. The lowest BCUT2D eigenvalue weighted by Crippen LogP contribution is -2.39. The van der Waals surface area contributed by atoms with E-state index in [0.29, 0.717) is 21.5 Å². The van der Waals surface area contributed by atoms with E-state index in [2.05, 4.69) is 20.9 Å². The zero-order valence-electron chi connectivity index (χ0n) is 14.1. The highest BCUT2D eigenvalue weighted by molar-refractivity contribution is 7.99. The molecule has 13 heteroatoms. The van der Waals surface area contributed by atoms with Gasteiger partial charge in [0.25, 0.3) is 0 Å². The number of nitrogens with one attached hydrogen (secondary N) is 3. The van der Waals surface area contributed by atoms with Gasteiger partial charge in [0.05, 0.1) is 0 Å². The summed E-state index contributed by atoms with van der Waals surface area (Å²) in [5.41, 5.74) is 0.804. The van der Waals surface area contributed by atoms with E-state index in [0.717, 1.165) is 0 Å². The Balaban J connectivity index is 1.92. The van der Waals surface area contributed by atoms with E-state index in [1.807, 2.05) is 0 Å². The lowest BCUT2D eigenvalue weighted by atomic mass is 10.3. The number of anilines is 1. The summed E-state index contributed by atoms with van der Waals surface area (Å²) < 4.78 is 26.5. The van der Waals surface area contributed by atoms with E-state index >= 15 is 0 Å². The number of primary sulfonamides is 1. The van der Waals surface area contributed by atoms with Crippen molar-refractivity contribution >= 4 is 50.8 Å². The van der Waals surface area contributed by atoms with Gasteiger partial charge in [0.2, 0.25) is 15.9 Å². The Morgan fingerprint density at radius 2 is 2.19 bits per heavy atom. The van der Waals surface area contributed by atoms with E-state index in [1.54, 1.807) is 31.2 Å². The first-order valence-corrected chi connectivity index (χ1v) is 10.6. The molecule has 146 valence electrons. The van der Waals surface area contributed by atoms with E-state index in [-0.39, 0.29) is 17.6 Å². The van der Waals surface area contributed by atoms with Crippen LogP contribution in [0.1, 0.15) is 12.6 Å². The highest BCUT2D eigenvalue weighted by atomic mass is 35.5. The molecule has 27 heavy (non-hydrogen) atoms. The van der Waals surface area contributed by atoms with Crippen molar-refractivity contribution in [2.75, 3.05) is 16.8 Å².